The van der Waals surface area contributed by atoms with Crippen molar-refractivity contribution in [3.63, 3.8) is 0 Å². The van der Waals surface area contributed by atoms with Crippen molar-refractivity contribution >= 4 is 29.1 Å². The molecule has 1 amide bonds. The van der Waals surface area contributed by atoms with Crippen molar-refractivity contribution in [1.29, 1.82) is 0 Å². The van der Waals surface area contributed by atoms with Crippen LogP contribution in [0.3, 0.4) is 0 Å². The number of benzene rings is 2. The van der Waals surface area contributed by atoms with Crippen LogP contribution in [0.2, 0.25) is 10.0 Å². The molecule has 1 fully saturated rings. The number of amides is 1. The summed E-state index contributed by atoms with van der Waals surface area (Å²) in [5.41, 5.74) is 1.06. The van der Waals surface area contributed by atoms with E-state index in [9.17, 15) is 4.79 Å². The van der Waals surface area contributed by atoms with Crippen LogP contribution in [0.15, 0.2) is 48.5 Å². The number of quaternary nitrogens is 2. The second-order valence-corrected chi connectivity index (χ2v) is 8.01. The zero-order chi connectivity index (χ0) is 19.8. The van der Waals surface area contributed by atoms with Crippen molar-refractivity contribution in [2.75, 3.05) is 45.9 Å². The van der Waals surface area contributed by atoms with Crippen molar-refractivity contribution in [1.82, 2.24) is 5.32 Å². The maximum Gasteiger partial charge on any atom is 0.275 e. The molecule has 1 aliphatic rings. The molecular formula is C21H27Cl2N3O2+2. The van der Waals surface area contributed by atoms with Crippen LogP contribution in [-0.4, -0.2) is 51.8 Å². The molecule has 1 heterocycles. The van der Waals surface area contributed by atoms with Gasteiger partial charge in [-0.25, -0.2) is 0 Å². The average Bonchev–Trinajstić information content (AvgIpc) is 2.70. The van der Waals surface area contributed by atoms with Crippen molar-refractivity contribution in [3.05, 3.63) is 64.1 Å². The third kappa shape index (κ3) is 6.99. The SMILES string of the molecule is O=C(C[NH+]1CC[NH+](CCOc2ccc(Cl)cc2)CC1)NCc1ccc(Cl)cc1. The second kappa shape index (κ2) is 10.7. The lowest BCUT2D eigenvalue weighted by molar-refractivity contribution is -1.01. The van der Waals surface area contributed by atoms with Crippen LogP contribution >= 0.6 is 23.2 Å². The van der Waals surface area contributed by atoms with Gasteiger partial charge in [0.2, 0.25) is 0 Å². The van der Waals surface area contributed by atoms with Crippen LogP contribution in [0, 0.1) is 0 Å². The van der Waals surface area contributed by atoms with E-state index in [-0.39, 0.29) is 5.91 Å². The maximum atomic E-state index is 12.2. The van der Waals surface area contributed by atoms with Gasteiger partial charge < -0.3 is 19.9 Å². The molecule has 1 saturated heterocycles. The average molecular weight is 424 g/mol. The third-order valence-corrected chi connectivity index (χ3v) is 5.52. The molecule has 7 heteroatoms. The lowest BCUT2D eigenvalue weighted by Crippen LogP contribution is -3.28. The number of nitrogens with one attached hydrogen (secondary N) is 3. The third-order valence-electron chi connectivity index (χ3n) is 5.02. The monoisotopic (exact) mass is 423 g/mol. The second-order valence-electron chi connectivity index (χ2n) is 7.13. The van der Waals surface area contributed by atoms with E-state index >= 15 is 0 Å². The molecule has 3 N–H and O–H groups in total. The molecular weight excluding hydrogens is 397 g/mol. The minimum absolute atomic E-state index is 0.0967. The van der Waals surface area contributed by atoms with Gasteiger partial charge in [0.05, 0.1) is 0 Å². The van der Waals surface area contributed by atoms with Gasteiger partial charge in [0.15, 0.2) is 6.54 Å². The first-order valence-electron chi connectivity index (χ1n) is 9.65. The topological polar surface area (TPSA) is 47.2 Å². The molecule has 1 aliphatic heterocycles. The van der Waals surface area contributed by atoms with Gasteiger partial charge in [0, 0.05) is 16.6 Å². The Kier molecular flexibility index (Phi) is 7.98. The fraction of sp³-hybridized carbons (Fsp3) is 0.381. The molecule has 5 nitrogen and oxygen atoms in total. The lowest BCUT2D eigenvalue weighted by atomic mass is 10.2. The standard InChI is InChI=1S/C21H25Cl2N3O2/c22-18-3-1-17(2-4-18)15-24-21(27)16-26-11-9-25(10-12-26)13-14-28-20-7-5-19(23)6-8-20/h1-8H,9-16H2,(H,24,27)/p+2. The Bertz CT molecular complexity index is 745. The molecule has 3 rings (SSSR count). The smallest absolute Gasteiger partial charge is 0.275 e. The van der Waals surface area contributed by atoms with Crippen LogP contribution in [0.1, 0.15) is 5.56 Å². The molecule has 0 radical (unpaired) electrons. The first-order valence-corrected chi connectivity index (χ1v) is 10.4. The number of rotatable bonds is 8. The number of carbonyl (C=O) groups excluding carboxylic acids is 1. The maximum absolute atomic E-state index is 12.2. The molecule has 0 aromatic heterocycles. The number of hydrogen-bond acceptors (Lipinski definition) is 2. The highest BCUT2D eigenvalue weighted by molar-refractivity contribution is 6.30. The highest BCUT2D eigenvalue weighted by Crippen LogP contribution is 2.15. The van der Waals surface area contributed by atoms with Crippen molar-refractivity contribution in [2.24, 2.45) is 0 Å². The van der Waals surface area contributed by atoms with Gasteiger partial charge in [0.1, 0.15) is 45.1 Å². The van der Waals surface area contributed by atoms with E-state index in [0.717, 1.165) is 44.0 Å². The summed E-state index contributed by atoms with van der Waals surface area (Å²) in [7, 11) is 0. The number of piperazine rings is 1. The first-order chi connectivity index (χ1) is 13.6. The Morgan fingerprint density at radius 3 is 2.11 bits per heavy atom. The normalized spacial score (nSPS) is 19.2. The molecule has 28 heavy (non-hydrogen) atoms. The van der Waals surface area contributed by atoms with Crippen LogP contribution in [0.5, 0.6) is 5.75 Å². The largest absolute Gasteiger partial charge is 0.488 e. The van der Waals surface area contributed by atoms with Crippen LogP contribution in [0.25, 0.3) is 0 Å². The Balaban J connectivity index is 1.29. The van der Waals surface area contributed by atoms with Gasteiger partial charge in [-0.15, -0.1) is 0 Å². The van der Waals surface area contributed by atoms with E-state index in [1.54, 1.807) is 0 Å². The Morgan fingerprint density at radius 1 is 0.893 bits per heavy atom. The number of halogens is 2. The highest BCUT2D eigenvalue weighted by Gasteiger charge is 2.24. The molecule has 0 atom stereocenters. The zero-order valence-electron chi connectivity index (χ0n) is 15.8. The Labute approximate surface area is 176 Å². The van der Waals surface area contributed by atoms with E-state index in [0.29, 0.717) is 29.7 Å². The van der Waals surface area contributed by atoms with Gasteiger partial charge in [-0.05, 0) is 42.0 Å². The fourth-order valence-corrected chi connectivity index (χ4v) is 3.57. The molecule has 0 spiro atoms. The molecule has 0 saturated carbocycles. The van der Waals surface area contributed by atoms with E-state index < -0.39 is 0 Å². The lowest BCUT2D eigenvalue weighted by Gasteiger charge is -2.29. The van der Waals surface area contributed by atoms with Gasteiger partial charge in [-0.2, -0.15) is 0 Å². The number of hydrogen-bond donors (Lipinski definition) is 3. The Hall–Kier alpha value is -1.79. The number of carbonyl (C=O) groups is 1. The van der Waals surface area contributed by atoms with Crippen LogP contribution < -0.4 is 19.9 Å². The van der Waals surface area contributed by atoms with E-state index in [2.05, 4.69) is 5.32 Å². The Morgan fingerprint density at radius 2 is 1.46 bits per heavy atom. The fourth-order valence-electron chi connectivity index (χ4n) is 3.32. The van der Waals surface area contributed by atoms with E-state index in [4.69, 9.17) is 27.9 Å². The van der Waals surface area contributed by atoms with Gasteiger partial charge in [-0.1, -0.05) is 35.3 Å². The predicted octanol–water partition coefficient (Wildman–Crippen LogP) is 0.472. The van der Waals surface area contributed by atoms with E-state index in [1.165, 1.54) is 9.80 Å². The molecule has 0 aliphatic carbocycles. The summed E-state index contributed by atoms with van der Waals surface area (Å²) in [6, 6.07) is 15.0. The van der Waals surface area contributed by atoms with Gasteiger partial charge in [0.25, 0.3) is 5.91 Å². The molecule has 2 aromatic rings. The summed E-state index contributed by atoms with van der Waals surface area (Å²) in [5, 5.41) is 4.42. The minimum Gasteiger partial charge on any atom is -0.488 e. The summed E-state index contributed by atoms with van der Waals surface area (Å²) in [4.78, 5) is 15.1. The van der Waals surface area contributed by atoms with Crippen molar-refractivity contribution in [3.8, 4) is 5.75 Å². The summed E-state index contributed by atoms with van der Waals surface area (Å²) in [6.45, 7) is 6.86. The summed E-state index contributed by atoms with van der Waals surface area (Å²) < 4.78 is 5.78. The molecule has 150 valence electrons. The summed E-state index contributed by atoms with van der Waals surface area (Å²) >= 11 is 11.8. The van der Waals surface area contributed by atoms with Gasteiger partial charge in [-0.3, -0.25) is 4.79 Å². The van der Waals surface area contributed by atoms with Crippen LogP contribution in [0.4, 0.5) is 0 Å². The first kappa shape index (κ1) is 20.9. The van der Waals surface area contributed by atoms with Crippen LogP contribution in [-0.2, 0) is 11.3 Å². The van der Waals surface area contributed by atoms with Crippen molar-refractivity contribution < 1.29 is 19.3 Å². The summed E-state index contributed by atoms with van der Waals surface area (Å²) in [5.74, 6) is 0.949. The minimum atomic E-state index is 0.0967. The predicted molar refractivity (Wildman–Crippen MR) is 111 cm³/mol. The van der Waals surface area contributed by atoms with Gasteiger partial charge >= 0.3 is 0 Å². The molecule has 0 bridgehead atoms. The highest BCUT2D eigenvalue weighted by atomic mass is 35.5. The molecule has 2 aromatic carbocycles. The van der Waals surface area contributed by atoms with Crippen molar-refractivity contribution in [2.45, 2.75) is 6.54 Å². The van der Waals surface area contributed by atoms with E-state index in [1.807, 2.05) is 48.5 Å². The number of ether oxygens (including phenoxy) is 1. The zero-order valence-corrected chi connectivity index (χ0v) is 17.4. The quantitative estimate of drug-likeness (QED) is 0.577. The summed E-state index contributed by atoms with van der Waals surface area (Å²) in [6.07, 6.45) is 0. The molecule has 0 unspecified atom stereocenters.